The van der Waals surface area contributed by atoms with Gasteiger partial charge in [-0.05, 0) is 6.92 Å². The molecular formula is C4H8N2O2S. The van der Waals surface area contributed by atoms with Crippen molar-refractivity contribution in [1.82, 2.24) is 0 Å². The fraction of sp³-hybridized carbons (Fsp3) is 0.250. The molecule has 0 aliphatic carbocycles. The van der Waals surface area contributed by atoms with Crippen molar-refractivity contribution in [2.24, 2.45) is 10.9 Å². The lowest BCUT2D eigenvalue weighted by Crippen LogP contribution is -2.10. The van der Waals surface area contributed by atoms with Gasteiger partial charge in [0.25, 0.3) is 0 Å². The quantitative estimate of drug-likeness (QED) is 0.118. The topological polar surface area (TPSA) is 75.7 Å². The Hall–Kier alpha value is -0.840. The Morgan fingerprint density at radius 2 is 2.44 bits per heavy atom. The molecule has 0 unspecified atom stereocenters. The van der Waals surface area contributed by atoms with Gasteiger partial charge >= 0.3 is 0 Å². The molecule has 0 fully saturated rings. The van der Waals surface area contributed by atoms with E-state index in [0.717, 1.165) is 0 Å². The van der Waals surface area contributed by atoms with Crippen LogP contribution in [-0.2, 0) is 4.79 Å². The lowest BCUT2D eigenvalue weighted by atomic mass is 10.8. The smallest absolute Gasteiger partial charge is 0.247 e. The van der Waals surface area contributed by atoms with Crippen LogP contribution >= 0.6 is 11.4 Å². The molecule has 3 N–H and O–H groups in total. The van der Waals surface area contributed by atoms with E-state index in [9.17, 15) is 4.79 Å². The van der Waals surface area contributed by atoms with Crippen LogP contribution in [0, 0.1) is 0 Å². The minimum Gasteiger partial charge on any atom is -0.410 e. The van der Waals surface area contributed by atoms with Gasteiger partial charge in [0.15, 0.2) is 0 Å². The minimum absolute atomic E-state index is 0.439. The van der Waals surface area contributed by atoms with Crippen LogP contribution in [0.5, 0.6) is 0 Å². The Morgan fingerprint density at radius 3 is 2.78 bits per heavy atom. The largest absolute Gasteiger partial charge is 0.410 e. The number of amides is 1. The lowest BCUT2D eigenvalue weighted by Gasteiger charge is -1.82. The SMILES string of the molecule is CC(=NO)[SH]=CC(N)=O. The first-order valence-electron chi connectivity index (χ1n) is 2.19. The zero-order valence-corrected chi connectivity index (χ0v) is 5.80. The molecule has 5 heteroatoms. The highest BCUT2D eigenvalue weighted by atomic mass is 32.1. The predicted octanol–water partition coefficient (Wildman–Crippen LogP) is -0.453. The summed E-state index contributed by atoms with van der Waals surface area (Å²) in [7, 11) is 0. The van der Waals surface area contributed by atoms with Gasteiger partial charge in [0, 0.05) is 5.37 Å². The molecule has 0 atom stereocenters. The summed E-state index contributed by atoms with van der Waals surface area (Å²) in [6, 6.07) is 0. The third-order valence-electron chi connectivity index (χ3n) is 0.523. The second kappa shape index (κ2) is 4.08. The number of nitrogens with two attached hydrogens (primary N) is 1. The van der Waals surface area contributed by atoms with Gasteiger partial charge in [-0.15, -0.1) is 11.4 Å². The third-order valence-corrected chi connectivity index (χ3v) is 1.37. The molecule has 0 aliphatic rings. The molecular weight excluding hydrogens is 140 g/mol. The van der Waals surface area contributed by atoms with Gasteiger partial charge in [0.1, 0.15) is 5.04 Å². The molecule has 4 nitrogen and oxygen atoms in total. The summed E-state index contributed by atoms with van der Waals surface area (Å²) >= 11 is 0.536. The Morgan fingerprint density at radius 1 is 1.89 bits per heavy atom. The molecule has 0 aromatic rings. The van der Waals surface area contributed by atoms with Crippen LogP contribution < -0.4 is 5.73 Å². The van der Waals surface area contributed by atoms with Crippen molar-refractivity contribution in [3.8, 4) is 0 Å². The van der Waals surface area contributed by atoms with E-state index in [-0.39, 0.29) is 0 Å². The van der Waals surface area contributed by atoms with Gasteiger partial charge in [-0.1, -0.05) is 5.16 Å². The van der Waals surface area contributed by atoms with Crippen molar-refractivity contribution < 1.29 is 10.0 Å². The zero-order valence-electron chi connectivity index (χ0n) is 4.90. The second-order valence-electron chi connectivity index (χ2n) is 1.31. The first kappa shape index (κ1) is 8.16. The number of thiol groups is 1. The highest BCUT2D eigenvalue weighted by molar-refractivity contribution is 8.12. The van der Waals surface area contributed by atoms with Crippen LogP contribution in [0.3, 0.4) is 0 Å². The van der Waals surface area contributed by atoms with E-state index in [1.807, 2.05) is 0 Å². The van der Waals surface area contributed by atoms with Gasteiger partial charge in [0.2, 0.25) is 5.91 Å². The second-order valence-corrected chi connectivity index (χ2v) is 2.47. The van der Waals surface area contributed by atoms with Crippen LogP contribution in [0.25, 0.3) is 0 Å². The Bertz CT molecular complexity index is 164. The van der Waals surface area contributed by atoms with E-state index in [4.69, 9.17) is 10.9 Å². The number of carbonyl (C=O) groups excluding carboxylic acids is 1. The van der Waals surface area contributed by atoms with Gasteiger partial charge in [0.05, 0.1) is 0 Å². The Kier molecular flexibility index (Phi) is 3.70. The van der Waals surface area contributed by atoms with Crippen LogP contribution in [0.2, 0.25) is 0 Å². The highest BCUT2D eigenvalue weighted by Crippen LogP contribution is 1.86. The number of nitrogens with zero attached hydrogens (tertiary/aromatic N) is 1. The molecule has 1 amide bonds. The first-order valence-corrected chi connectivity index (χ1v) is 3.15. The summed E-state index contributed by atoms with van der Waals surface area (Å²) in [4.78, 5) is 10.0. The molecule has 0 aromatic heterocycles. The lowest BCUT2D eigenvalue weighted by molar-refractivity contribution is -0.111. The van der Waals surface area contributed by atoms with Crippen molar-refractivity contribution in [2.45, 2.75) is 6.92 Å². The summed E-state index contributed by atoms with van der Waals surface area (Å²) in [6.07, 6.45) is 0. The van der Waals surface area contributed by atoms with Gasteiger partial charge in [-0.25, -0.2) is 0 Å². The molecule has 0 saturated heterocycles. The normalized spacial score (nSPS) is 13.2. The molecule has 0 rings (SSSR count). The summed E-state index contributed by atoms with van der Waals surface area (Å²) in [5.74, 6) is -0.514. The monoisotopic (exact) mass is 148 g/mol. The van der Waals surface area contributed by atoms with Gasteiger partial charge in [-0.3, -0.25) is 4.79 Å². The van der Waals surface area contributed by atoms with Crippen LogP contribution in [0.15, 0.2) is 5.16 Å². The molecule has 0 bridgehead atoms. The number of oxime groups is 1. The van der Waals surface area contributed by atoms with E-state index in [2.05, 4.69) is 5.16 Å². The van der Waals surface area contributed by atoms with Gasteiger partial charge < -0.3 is 10.9 Å². The summed E-state index contributed by atoms with van der Waals surface area (Å²) in [6.45, 7) is 1.58. The molecule has 0 saturated carbocycles. The number of rotatable bonds is 1. The van der Waals surface area contributed by atoms with Crippen LogP contribution in [0.1, 0.15) is 6.92 Å². The van der Waals surface area contributed by atoms with E-state index in [1.165, 1.54) is 5.37 Å². The van der Waals surface area contributed by atoms with Crippen LogP contribution in [0.4, 0.5) is 0 Å². The summed E-state index contributed by atoms with van der Waals surface area (Å²) in [5.41, 5.74) is 4.76. The molecule has 9 heavy (non-hydrogen) atoms. The summed E-state index contributed by atoms with van der Waals surface area (Å²) < 4.78 is 0. The Labute approximate surface area is 56.3 Å². The molecule has 0 radical (unpaired) electrons. The summed E-state index contributed by atoms with van der Waals surface area (Å²) in [5, 5.41) is 12.5. The average molecular weight is 148 g/mol. The average Bonchev–Trinajstić information content (AvgIpc) is 1.83. The number of carbonyl (C=O) groups is 1. The number of primary amides is 1. The maximum Gasteiger partial charge on any atom is 0.247 e. The fourth-order valence-electron chi connectivity index (χ4n) is 0.183. The van der Waals surface area contributed by atoms with Crippen molar-refractivity contribution >= 4 is 27.7 Å². The van der Waals surface area contributed by atoms with E-state index in [0.29, 0.717) is 16.4 Å². The van der Waals surface area contributed by atoms with E-state index in [1.54, 1.807) is 6.92 Å². The van der Waals surface area contributed by atoms with Crippen molar-refractivity contribution in [3.63, 3.8) is 0 Å². The maximum atomic E-state index is 10.0. The van der Waals surface area contributed by atoms with E-state index < -0.39 is 5.91 Å². The van der Waals surface area contributed by atoms with Crippen molar-refractivity contribution in [2.75, 3.05) is 0 Å². The molecule has 0 aromatic carbocycles. The van der Waals surface area contributed by atoms with Crippen LogP contribution in [-0.4, -0.2) is 21.5 Å². The van der Waals surface area contributed by atoms with Crippen molar-refractivity contribution in [3.05, 3.63) is 0 Å². The Balaban J connectivity index is 3.86. The third kappa shape index (κ3) is 5.02. The van der Waals surface area contributed by atoms with Gasteiger partial charge in [-0.2, -0.15) is 0 Å². The molecule has 52 valence electrons. The molecule has 0 heterocycles. The predicted molar refractivity (Wildman–Crippen MR) is 39.1 cm³/mol. The van der Waals surface area contributed by atoms with Crippen molar-refractivity contribution in [1.29, 1.82) is 0 Å². The fourth-order valence-corrected chi connectivity index (χ4v) is 0.549. The highest BCUT2D eigenvalue weighted by Gasteiger charge is 1.83. The van der Waals surface area contributed by atoms with E-state index >= 15 is 0 Å². The number of hydrogen-bond donors (Lipinski definition) is 3. The molecule has 0 aliphatic heterocycles. The maximum absolute atomic E-state index is 10.0. The minimum atomic E-state index is -0.514. The standard InChI is InChI=1S/C4H8N2O2S/c1-3(6-8)9-2-4(5)7/h2,8-9H,1H3,(H2,5,7). The first-order chi connectivity index (χ1) is 4.16. The number of hydrogen-bond acceptors (Lipinski definition) is 3. The molecule has 0 spiro atoms. The zero-order chi connectivity index (χ0) is 7.28.